The fourth-order valence-corrected chi connectivity index (χ4v) is 2.08. The standard InChI is InChI=1S/C15H23BN4O3/c1-10(21)19-9-11(8-12-6-7-18-13(17)20-12)16-22-14(2,3)15(4,5)23-16/h6-8H,9H2,1-5H3,(H,19,21)(H2,17,18,20). The Bertz CT molecular complexity index is 615. The maximum absolute atomic E-state index is 11.3. The van der Waals surface area contributed by atoms with Crippen molar-refractivity contribution in [2.75, 3.05) is 12.3 Å². The van der Waals surface area contributed by atoms with Crippen molar-refractivity contribution in [2.24, 2.45) is 0 Å². The van der Waals surface area contributed by atoms with Crippen molar-refractivity contribution in [3.8, 4) is 0 Å². The number of nitrogens with one attached hydrogen (secondary N) is 1. The second kappa shape index (κ2) is 6.29. The molecular formula is C15H23BN4O3. The minimum atomic E-state index is -0.567. The third-order valence-corrected chi connectivity index (χ3v) is 4.13. The van der Waals surface area contributed by atoms with Gasteiger partial charge in [-0.1, -0.05) is 0 Å². The van der Waals surface area contributed by atoms with Gasteiger partial charge in [-0.15, -0.1) is 0 Å². The average molecular weight is 318 g/mol. The zero-order chi connectivity index (χ0) is 17.3. The van der Waals surface area contributed by atoms with Crippen molar-refractivity contribution in [1.29, 1.82) is 0 Å². The third-order valence-electron chi connectivity index (χ3n) is 4.13. The van der Waals surface area contributed by atoms with Gasteiger partial charge < -0.3 is 20.4 Å². The van der Waals surface area contributed by atoms with Crippen molar-refractivity contribution in [2.45, 2.75) is 45.8 Å². The molecule has 1 saturated heterocycles. The summed E-state index contributed by atoms with van der Waals surface area (Å²) in [6.07, 6.45) is 3.38. The number of nitrogens with two attached hydrogens (primary N) is 1. The summed E-state index contributed by atoms with van der Waals surface area (Å²) in [6.45, 7) is 9.68. The van der Waals surface area contributed by atoms with Gasteiger partial charge in [-0.2, -0.15) is 0 Å². The molecule has 0 radical (unpaired) electrons. The van der Waals surface area contributed by atoms with Crippen LogP contribution in [0.15, 0.2) is 17.7 Å². The molecule has 1 aromatic rings. The molecule has 0 atom stereocenters. The van der Waals surface area contributed by atoms with Crippen LogP contribution in [0.5, 0.6) is 0 Å². The quantitative estimate of drug-likeness (QED) is 0.810. The van der Waals surface area contributed by atoms with Crippen LogP contribution < -0.4 is 11.1 Å². The molecule has 0 unspecified atom stereocenters. The number of carbonyl (C=O) groups excluding carboxylic acids is 1. The number of hydrogen-bond donors (Lipinski definition) is 2. The third kappa shape index (κ3) is 4.08. The highest BCUT2D eigenvalue weighted by atomic mass is 16.7. The Morgan fingerprint density at radius 2 is 1.96 bits per heavy atom. The molecule has 7 nitrogen and oxygen atoms in total. The van der Waals surface area contributed by atoms with Gasteiger partial charge in [0.1, 0.15) is 0 Å². The first-order chi connectivity index (χ1) is 10.6. The molecule has 0 saturated carbocycles. The Labute approximate surface area is 136 Å². The first-order valence-corrected chi connectivity index (χ1v) is 7.50. The van der Waals surface area contributed by atoms with Gasteiger partial charge in [0.25, 0.3) is 0 Å². The van der Waals surface area contributed by atoms with E-state index in [1.165, 1.54) is 6.92 Å². The molecule has 0 spiro atoms. The minimum Gasteiger partial charge on any atom is -0.400 e. The topological polar surface area (TPSA) is 99.4 Å². The lowest BCUT2D eigenvalue weighted by Gasteiger charge is -2.32. The molecule has 1 aliphatic rings. The molecule has 0 aromatic carbocycles. The number of hydrogen-bond acceptors (Lipinski definition) is 6. The minimum absolute atomic E-state index is 0.130. The fraction of sp³-hybridized carbons (Fsp3) is 0.533. The van der Waals surface area contributed by atoms with Gasteiger partial charge in [0.15, 0.2) is 0 Å². The highest BCUT2D eigenvalue weighted by molar-refractivity contribution is 6.56. The number of amides is 1. The largest absolute Gasteiger partial charge is 0.492 e. The van der Waals surface area contributed by atoms with E-state index in [0.29, 0.717) is 12.2 Å². The van der Waals surface area contributed by atoms with Crippen LogP contribution in [-0.2, 0) is 14.1 Å². The van der Waals surface area contributed by atoms with Crippen molar-refractivity contribution in [1.82, 2.24) is 15.3 Å². The fourth-order valence-electron chi connectivity index (χ4n) is 2.08. The molecule has 1 aromatic heterocycles. The Hall–Kier alpha value is -1.93. The van der Waals surface area contributed by atoms with Crippen molar-refractivity contribution < 1.29 is 14.1 Å². The number of carbonyl (C=O) groups is 1. The van der Waals surface area contributed by atoms with E-state index in [1.807, 2.05) is 27.7 Å². The van der Waals surface area contributed by atoms with E-state index in [0.717, 1.165) is 5.47 Å². The molecular weight excluding hydrogens is 295 g/mol. The number of nitrogens with zero attached hydrogens (tertiary/aromatic N) is 2. The van der Waals surface area contributed by atoms with E-state index >= 15 is 0 Å². The first-order valence-electron chi connectivity index (χ1n) is 7.50. The highest BCUT2D eigenvalue weighted by Gasteiger charge is 2.52. The normalized spacial score (nSPS) is 19.7. The van der Waals surface area contributed by atoms with E-state index in [2.05, 4.69) is 15.3 Å². The van der Waals surface area contributed by atoms with E-state index in [1.54, 1.807) is 18.3 Å². The summed E-state index contributed by atoms with van der Waals surface area (Å²) in [7, 11) is -0.567. The molecule has 23 heavy (non-hydrogen) atoms. The molecule has 3 N–H and O–H groups in total. The lowest BCUT2D eigenvalue weighted by atomic mass is 9.77. The molecule has 0 bridgehead atoms. The van der Waals surface area contributed by atoms with Gasteiger partial charge >= 0.3 is 7.12 Å². The van der Waals surface area contributed by atoms with Crippen LogP contribution in [0.3, 0.4) is 0 Å². The Kier molecular flexibility index (Phi) is 4.77. The number of nitrogen functional groups attached to an aromatic ring is 1. The molecule has 0 aliphatic carbocycles. The van der Waals surface area contributed by atoms with Crippen LogP contribution >= 0.6 is 0 Å². The molecule has 2 rings (SSSR count). The molecule has 1 aliphatic heterocycles. The zero-order valence-corrected chi connectivity index (χ0v) is 14.2. The van der Waals surface area contributed by atoms with E-state index in [4.69, 9.17) is 15.0 Å². The zero-order valence-electron chi connectivity index (χ0n) is 14.2. The number of rotatable bonds is 4. The van der Waals surface area contributed by atoms with Crippen LogP contribution in [0.25, 0.3) is 6.08 Å². The summed E-state index contributed by atoms with van der Waals surface area (Å²) in [5.74, 6) is 0.0566. The monoisotopic (exact) mass is 318 g/mol. The molecule has 1 amide bonds. The highest BCUT2D eigenvalue weighted by Crippen LogP contribution is 2.38. The van der Waals surface area contributed by atoms with Gasteiger partial charge in [0.2, 0.25) is 11.9 Å². The van der Waals surface area contributed by atoms with E-state index < -0.39 is 18.3 Å². The SMILES string of the molecule is CC(=O)NCC(=Cc1ccnc(N)n1)B1OC(C)(C)C(C)(C)O1. The van der Waals surface area contributed by atoms with Crippen LogP contribution in [-0.4, -0.2) is 40.7 Å². The van der Waals surface area contributed by atoms with Crippen LogP contribution in [0, 0.1) is 0 Å². The maximum atomic E-state index is 11.3. The molecule has 124 valence electrons. The van der Waals surface area contributed by atoms with Crippen molar-refractivity contribution in [3.63, 3.8) is 0 Å². The van der Waals surface area contributed by atoms with Crippen molar-refractivity contribution in [3.05, 3.63) is 23.4 Å². The van der Waals surface area contributed by atoms with Crippen LogP contribution in [0.4, 0.5) is 5.95 Å². The summed E-state index contributed by atoms with van der Waals surface area (Å²) in [6, 6.07) is 1.73. The number of anilines is 1. The van der Waals surface area contributed by atoms with Crippen molar-refractivity contribution >= 4 is 25.0 Å². The summed E-state index contributed by atoms with van der Waals surface area (Å²) in [5, 5.41) is 2.77. The predicted octanol–water partition coefficient (Wildman–Crippen LogP) is 1.21. The molecule has 8 heteroatoms. The summed E-state index contributed by atoms with van der Waals surface area (Å²) in [4.78, 5) is 19.3. The summed E-state index contributed by atoms with van der Waals surface area (Å²) >= 11 is 0. The predicted molar refractivity (Wildman–Crippen MR) is 89.2 cm³/mol. The Balaban J connectivity index is 2.30. The second-order valence-electron chi connectivity index (χ2n) is 6.56. The van der Waals surface area contributed by atoms with Crippen LogP contribution in [0.2, 0.25) is 0 Å². The van der Waals surface area contributed by atoms with E-state index in [9.17, 15) is 4.79 Å². The van der Waals surface area contributed by atoms with Gasteiger partial charge in [-0.05, 0) is 45.3 Å². The average Bonchev–Trinajstić information content (AvgIpc) is 2.63. The maximum Gasteiger partial charge on any atom is 0.492 e. The van der Waals surface area contributed by atoms with Gasteiger partial charge in [-0.25, -0.2) is 9.97 Å². The Morgan fingerprint density at radius 1 is 1.35 bits per heavy atom. The smallest absolute Gasteiger partial charge is 0.400 e. The van der Waals surface area contributed by atoms with Gasteiger partial charge in [0.05, 0.1) is 16.9 Å². The lowest BCUT2D eigenvalue weighted by molar-refractivity contribution is -0.118. The number of aromatic nitrogens is 2. The molecule has 1 fully saturated rings. The Morgan fingerprint density at radius 3 is 2.48 bits per heavy atom. The first kappa shape index (κ1) is 17.4. The van der Waals surface area contributed by atoms with Gasteiger partial charge in [0, 0.05) is 19.7 Å². The summed E-state index contributed by atoms with van der Waals surface area (Å²) < 4.78 is 12.1. The second-order valence-corrected chi connectivity index (χ2v) is 6.56. The van der Waals surface area contributed by atoms with Gasteiger partial charge in [-0.3, -0.25) is 4.79 Å². The summed E-state index contributed by atoms with van der Waals surface area (Å²) in [5.41, 5.74) is 6.08. The van der Waals surface area contributed by atoms with E-state index in [-0.39, 0.29) is 11.9 Å². The molecule has 2 heterocycles. The van der Waals surface area contributed by atoms with Crippen LogP contribution in [0.1, 0.15) is 40.3 Å². The lowest BCUT2D eigenvalue weighted by Crippen LogP contribution is -2.41.